The molecule has 6 heterocycles. The van der Waals surface area contributed by atoms with Gasteiger partial charge in [0.1, 0.15) is 5.76 Å². The van der Waals surface area contributed by atoms with E-state index in [1.165, 1.54) is 16.8 Å². The fourth-order valence-corrected chi connectivity index (χ4v) is 7.15. The lowest BCUT2D eigenvalue weighted by atomic mass is 9.68. The van der Waals surface area contributed by atoms with Crippen LogP contribution in [0.5, 0.6) is 0 Å². The molecule has 1 unspecified atom stereocenters. The van der Waals surface area contributed by atoms with E-state index in [0.717, 1.165) is 25.1 Å². The highest BCUT2D eigenvalue weighted by Crippen LogP contribution is 2.66. The van der Waals surface area contributed by atoms with Crippen LogP contribution >= 0.6 is 0 Å². The van der Waals surface area contributed by atoms with Crippen LogP contribution in [-0.2, 0) is 12.0 Å². The minimum Gasteiger partial charge on any atom is -0.468 e. The van der Waals surface area contributed by atoms with Crippen LogP contribution in [0.15, 0.2) is 41.0 Å². The lowest BCUT2D eigenvalue weighted by Crippen LogP contribution is -2.62. The Bertz CT molecular complexity index is 876. The van der Waals surface area contributed by atoms with Crippen LogP contribution in [0.4, 0.5) is 5.69 Å². The van der Waals surface area contributed by atoms with Gasteiger partial charge < -0.3 is 14.8 Å². The van der Waals surface area contributed by atoms with E-state index >= 15 is 0 Å². The molecule has 2 N–H and O–H groups in total. The van der Waals surface area contributed by atoms with Crippen LogP contribution in [0.2, 0.25) is 0 Å². The maximum atomic E-state index is 11.6. The number of hydrogen-bond donors (Lipinski definition) is 2. The van der Waals surface area contributed by atoms with Crippen molar-refractivity contribution in [2.75, 3.05) is 5.32 Å². The molecule has 5 bridgehead atoms. The normalized spacial score (nSPS) is 48.6. The minimum atomic E-state index is -0.274. The topological polar surface area (TPSA) is 48.6 Å². The molecule has 0 amide bonds. The van der Waals surface area contributed by atoms with Crippen LogP contribution in [0.25, 0.3) is 0 Å². The van der Waals surface area contributed by atoms with Gasteiger partial charge in [0.2, 0.25) is 0 Å². The molecule has 2 saturated heterocycles. The first-order valence-corrected chi connectivity index (χ1v) is 9.15. The monoisotopic (exact) mass is 320 g/mol. The lowest BCUT2D eigenvalue weighted by molar-refractivity contribution is 0.00651. The Kier molecular flexibility index (Phi) is 1.95. The fourth-order valence-electron chi connectivity index (χ4n) is 7.15. The van der Waals surface area contributed by atoms with Crippen LogP contribution in [0.3, 0.4) is 0 Å². The van der Waals surface area contributed by atoms with Gasteiger partial charge in [0.05, 0.1) is 25.0 Å². The van der Waals surface area contributed by atoms with Crippen molar-refractivity contribution in [2.24, 2.45) is 5.92 Å². The molecule has 1 spiro atoms. The Morgan fingerprint density at radius 3 is 3.08 bits per heavy atom. The number of rotatable bonds is 0. The molecule has 1 aromatic carbocycles. The summed E-state index contributed by atoms with van der Waals surface area (Å²) in [6.07, 6.45) is 3.77. The van der Waals surface area contributed by atoms with Gasteiger partial charge in [-0.1, -0.05) is 18.2 Å². The van der Waals surface area contributed by atoms with E-state index in [9.17, 15) is 5.11 Å². The summed E-state index contributed by atoms with van der Waals surface area (Å²) in [6, 6.07) is 12.1. The zero-order valence-corrected chi connectivity index (χ0v) is 13.4. The molecule has 6 aliphatic rings. The maximum Gasteiger partial charge on any atom is 0.121 e. The molecule has 8 rings (SSSR count). The number of aliphatic hydroxyl groups excluding tert-OH is 1. The van der Waals surface area contributed by atoms with Gasteiger partial charge in [-0.2, -0.15) is 0 Å². The van der Waals surface area contributed by atoms with Gasteiger partial charge in [-0.3, -0.25) is 4.90 Å². The Morgan fingerprint density at radius 1 is 1.21 bits per heavy atom. The SMILES string of the molecule is O[C@@H]1[C@H]2[C@H]3C[C@H]4[C@H]5Nc6ccccc6[C@@]15C[C@@H]2N4Cc1occc13. The molecule has 8 atom stereocenters. The van der Waals surface area contributed by atoms with Crippen molar-refractivity contribution >= 4 is 5.69 Å². The van der Waals surface area contributed by atoms with Crippen molar-refractivity contribution in [2.45, 2.75) is 54.9 Å². The Labute approximate surface area is 140 Å². The highest BCUT2D eigenvalue weighted by atomic mass is 16.3. The van der Waals surface area contributed by atoms with Crippen molar-refractivity contribution in [1.82, 2.24) is 4.90 Å². The summed E-state index contributed by atoms with van der Waals surface area (Å²) in [4.78, 5) is 2.65. The third-order valence-corrected chi connectivity index (χ3v) is 7.88. The number of piperidine rings is 2. The molecule has 24 heavy (non-hydrogen) atoms. The van der Waals surface area contributed by atoms with Crippen molar-refractivity contribution in [3.05, 3.63) is 53.5 Å². The van der Waals surface area contributed by atoms with E-state index in [4.69, 9.17) is 4.42 Å². The van der Waals surface area contributed by atoms with Crippen LogP contribution < -0.4 is 5.32 Å². The molecule has 4 nitrogen and oxygen atoms in total. The van der Waals surface area contributed by atoms with Crippen molar-refractivity contribution in [3.63, 3.8) is 0 Å². The zero-order chi connectivity index (χ0) is 15.6. The average Bonchev–Trinajstić information content (AvgIpc) is 3.19. The predicted molar refractivity (Wildman–Crippen MR) is 88.8 cm³/mol. The number of hydrogen-bond acceptors (Lipinski definition) is 4. The first kappa shape index (κ1) is 12.6. The predicted octanol–water partition coefficient (Wildman–Crippen LogP) is 2.45. The molecule has 2 aromatic rings. The summed E-state index contributed by atoms with van der Waals surface area (Å²) in [5, 5.41) is 15.4. The summed E-state index contributed by atoms with van der Waals surface area (Å²) in [5.74, 6) is 1.91. The Hall–Kier alpha value is -1.78. The largest absolute Gasteiger partial charge is 0.468 e. The molecule has 3 fully saturated rings. The van der Waals surface area contributed by atoms with Crippen LogP contribution in [0, 0.1) is 5.92 Å². The van der Waals surface area contributed by atoms with Gasteiger partial charge in [-0.15, -0.1) is 0 Å². The first-order valence-electron chi connectivity index (χ1n) is 9.15. The Morgan fingerprint density at radius 2 is 2.12 bits per heavy atom. The van der Waals surface area contributed by atoms with E-state index in [1.807, 2.05) is 6.26 Å². The van der Waals surface area contributed by atoms with Gasteiger partial charge in [0.15, 0.2) is 0 Å². The number of nitrogens with zero attached hydrogens (tertiary/aromatic N) is 1. The number of nitrogens with one attached hydrogen (secondary N) is 1. The number of fused-ring (bicyclic) bond motifs is 1. The maximum absolute atomic E-state index is 11.6. The van der Waals surface area contributed by atoms with E-state index in [-0.39, 0.29) is 11.5 Å². The second-order valence-corrected chi connectivity index (χ2v) is 8.38. The molecule has 1 aromatic heterocycles. The number of furan rings is 1. The number of benzene rings is 1. The second-order valence-electron chi connectivity index (χ2n) is 8.38. The van der Waals surface area contributed by atoms with Crippen molar-refractivity contribution in [1.29, 1.82) is 0 Å². The smallest absolute Gasteiger partial charge is 0.121 e. The van der Waals surface area contributed by atoms with E-state index < -0.39 is 0 Å². The van der Waals surface area contributed by atoms with Crippen LogP contribution in [-0.4, -0.2) is 34.2 Å². The summed E-state index contributed by atoms with van der Waals surface area (Å²) in [5.41, 5.74) is 3.86. The quantitative estimate of drug-likeness (QED) is 0.783. The molecular weight excluding hydrogens is 300 g/mol. The molecular formula is C20H20N2O2. The van der Waals surface area contributed by atoms with E-state index in [0.29, 0.717) is 30.0 Å². The van der Waals surface area contributed by atoms with Crippen molar-refractivity contribution < 1.29 is 9.52 Å². The van der Waals surface area contributed by atoms with Crippen LogP contribution in [0.1, 0.15) is 35.6 Å². The molecule has 4 heteroatoms. The average molecular weight is 320 g/mol. The van der Waals surface area contributed by atoms with Gasteiger partial charge in [0.25, 0.3) is 0 Å². The second kappa shape index (κ2) is 3.73. The first-order chi connectivity index (χ1) is 11.8. The highest BCUT2D eigenvalue weighted by molar-refractivity contribution is 5.65. The number of anilines is 1. The third kappa shape index (κ3) is 1.10. The van der Waals surface area contributed by atoms with E-state index in [2.05, 4.69) is 40.5 Å². The zero-order valence-electron chi connectivity index (χ0n) is 13.4. The highest BCUT2D eigenvalue weighted by Gasteiger charge is 2.72. The summed E-state index contributed by atoms with van der Waals surface area (Å²) in [6.45, 7) is 0.905. The van der Waals surface area contributed by atoms with E-state index in [1.54, 1.807) is 0 Å². The van der Waals surface area contributed by atoms with Gasteiger partial charge in [-0.05, 0) is 42.0 Å². The summed E-state index contributed by atoms with van der Waals surface area (Å²) < 4.78 is 5.81. The molecule has 0 radical (unpaired) electrons. The van der Waals surface area contributed by atoms with Gasteiger partial charge in [0, 0.05) is 29.1 Å². The molecule has 122 valence electrons. The number of aliphatic hydroxyl groups is 1. The molecule has 1 saturated carbocycles. The molecule has 5 aliphatic heterocycles. The standard InChI is InChI=1S/C20H20N2O2/c23-19-17-11-7-14-18-20(19,12-3-1-2-4-13(12)21-18)8-15(17)22(14)9-16-10(11)5-6-24-16/h1-6,11,14-15,17-19,21,23H,7-9H2/t11-,14-,15-,17-,18+,19+,20+/m0/s1. The number of para-hydroxylation sites is 1. The van der Waals surface area contributed by atoms with Gasteiger partial charge in [-0.25, -0.2) is 0 Å². The lowest BCUT2D eigenvalue weighted by Gasteiger charge is -2.51. The third-order valence-electron chi connectivity index (χ3n) is 7.88. The summed E-state index contributed by atoms with van der Waals surface area (Å²) >= 11 is 0. The summed E-state index contributed by atoms with van der Waals surface area (Å²) in [7, 11) is 0. The van der Waals surface area contributed by atoms with Crippen molar-refractivity contribution in [3.8, 4) is 0 Å². The minimum absolute atomic E-state index is 0.0942. The van der Waals surface area contributed by atoms with Gasteiger partial charge >= 0.3 is 0 Å². The molecule has 1 aliphatic carbocycles. The fraction of sp³-hybridized carbons (Fsp3) is 0.500. The Balaban J connectivity index is 1.50.